The molecule has 0 saturated carbocycles. The van der Waals surface area contributed by atoms with Crippen LogP contribution in [0.2, 0.25) is 10.0 Å². The van der Waals surface area contributed by atoms with Gasteiger partial charge in [0.1, 0.15) is 0 Å². The van der Waals surface area contributed by atoms with Gasteiger partial charge in [-0.25, -0.2) is 0 Å². The molecule has 0 aromatic heterocycles. The highest BCUT2D eigenvalue weighted by molar-refractivity contribution is 6.35. The van der Waals surface area contributed by atoms with Crippen LogP contribution in [0.4, 0.5) is 0 Å². The van der Waals surface area contributed by atoms with Gasteiger partial charge in [-0.1, -0.05) is 29.3 Å². The van der Waals surface area contributed by atoms with Gasteiger partial charge in [-0.15, -0.1) is 0 Å². The van der Waals surface area contributed by atoms with E-state index < -0.39 is 0 Å². The minimum absolute atomic E-state index is 0.358. The summed E-state index contributed by atoms with van der Waals surface area (Å²) in [5.41, 5.74) is 1.07. The summed E-state index contributed by atoms with van der Waals surface area (Å²) >= 11 is 12.0. The fourth-order valence-electron chi connectivity index (χ4n) is 2.36. The van der Waals surface area contributed by atoms with E-state index in [-0.39, 0.29) is 6.10 Å². The van der Waals surface area contributed by atoms with Crippen LogP contribution in [0, 0.1) is 0 Å². The van der Waals surface area contributed by atoms with E-state index in [1.807, 2.05) is 12.1 Å². The Balaban J connectivity index is 1.62. The number of ether oxygens (including phenoxy) is 1. The third kappa shape index (κ3) is 6.10. The first-order valence-corrected chi connectivity index (χ1v) is 8.03. The molecule has 1 unspecified atom stereocenters. The van der Waals surface area contributed by atoms with Crippen molar-refractivity contribution < 1.29 is 9.84 Å². The zero-order chi connectivity index (χ0) is 15.1. The van der Waals surface area contributed by atoms with Crippen LogP contribution < -0.4 is 5.32 Å². The molecule has 6 heteroatoms. The summed E-state index contributed by atoms with van der Waals surface area (Å²) in [7, 11) is 0. The molecule has 1 aromatic rings. The zero-order valence-corrected chi connectivity index (χ0v) is 13.5. The van der Waals surface area contributed by atoms with Crippen LogP contribution in [0.5, 0.6) is 0 Å². The number of morpholine rings is 1. The number of nitrogens with one attached hydrogen (secondary N) is 1. The largest absolute Gasteiger partial charge is 0.390 e. The maximum absolute atomic E-state index is 10.0. The maximum atomic E-state index is 10.0. The van der Waals surface area contributed by atoms with Crippen LogP contribution >= 0.6 is 23.2 Å². The number of hydrogen-bond acceptors (Lipinski definition) is 4. The summed E-state index contributed by atoms with van der Waals surface area (Å²) in [6.45, 7) is 5.38. The van der Waals surface area contributed by atoms with Crippen molar-refractivity contribution in [2.24, 2.45) is 0 Å². The Morgan fingerprint density at radius 3 is 2.76 bits per heavy atom. The van der Waals surface area contributed by atoms with E-state index in [1.54, 1.807) is 6.07 Å². The Morgan fingerprint density at radius 1 is 1.29 bits per heavy atom. The molecule has 21 heavy (non-hydrogen) atoms. The topological polar surface area (TPSA) is 44.7 Å². The van der Waals surface area contributed by atoms with Gasteiger partial charge in [0.2, 0.25) is 0 Å². The van der Waals surface area contributed by atoms with E-state index in [0.717, 1.165) is 44.8 Å². The first-order chi connectivity index (χ1) is 10.1. The molecule has 0 amide bonds. The molecule has 0 spiro atoms. The van der Waals surface area contributed by atoms with E-state index in [2.05, 4.69) is 10.2 Å². The summed E-state index contributed by atoms with van der Waals surface area (Å²) in [4.78, 5) is 2.23. The second-order valence-corrected chi connectivity index (χ2v) is 6.10. The standard InChI is InChI=1S/C15H22Cl2N2O2/c16-13-2-1-12(15(17)9-13)3-4-18-10-14(20)11-19-5-7-21-8-6-19/h1-2,9,14,18,20H,3-8,10-11H2. The summed E-state index contributed by atoms with van der Waals surface area (Å²) in [5, 5.41) is 14.6. The predicted octanol–water partition coefficient (Wildman–Crippen LogP) is 1.82. The first-order valence-electron chi connectivity index (χ1n) is 7.28. The predicted molar refractivity (Wildman–Crippen MR) is 86.3 cm³/mol. The minimum atomic E-state index is -0.358. The van der Waals surface area contributed by atoms with Gasteiger partial charge in [-0.2, -0.15) is 0 Å². The first kappa shape index (κ1) is 17.0. The van der Waals surface area contributed by atoms with Gasteiger partial charge < -0.3 is 15.2 Å². The van der Waals surface area contributed by atoms with Crippen LogP contribution in [0.25, 0.3) is 0 Å². The molecule has 1 heterocycles. The van der Waals surface area contributed by atoms with Crippen LogP contribution in [-0.2, 0) is 11.2 Å². The number of halogens is 2. The van der Waals surface area contributed by atoms with Crippen molar-refractivity contribution in [3.05, 3.63) is 33.8 Å². The molecule has 1 aliphatic rings. The lowest BCUT2D eigenvalue weighted by Crippen LogP contribution is -2.43. The fourth-order valence-corrected chi connectivity index (χ4v) is 2.87. The number of aliphatic hydroxyl groups is 1. The minimum Gasteiger partial charge on any atom is -0.390 e. The molecule has 0 bridgehead atoms. The molecule has 2 N–H and O–H groups in total. The molecule has 1 fully saturated rings. The van der Waals surface area contributed by atoms with Crippen LogP contribution in [0.1, 0.15) is 5.56 Å². The summed E-state index contributed by atoms with van der Waals surface area (Å²) in [5.74, 6) is 0. The van der Waals surface area contributed by atoms with Crippen LogP contribution in [-0.4, -0.2) is 62.0 Å². The molecule has 0 aliphatic carbocycles. The van der Waals surface area contributed by atoms with Gasteiger partial charge in [-0.05, 0) is 30.7 Å². The number of benzene rings is 1. The van der Waals surface area contributed by atoms with Gasteiger partial charge in [0, 0.05) is 36.2 Å². The number of aliphatic hydroxyl groups excluding tert-OH is 1. The Labute approximate surface area is 136 Å². The van der Waals surface area contributed by atoms with Gasteiger partial charge in [0.05, 0.1) is 19.3 Å². The van der Waals surface area contributed by atoms with Crippen LogP contribution in [0.15, 0.2) is 18.2 Å². The summed E-state index contributed by atoms with van der Waals surface area (Å²) in [6.07, 6.45) is 0.462. The van der Waals surface area contributed by atoms with Crippen molar-refractivity contribution in [2.45, 2.75) is 12.5 Å². The molecule has 1 saturated heterocycles. The molecule has 4 nitrogen and oxygen atoms in total. The number of β-amino-alcohol motifs (C(OH)–C–C–N with tert-alkyl or cyclic N) is 1. The molecular weight excluding hydrogens is 311 g/mol. The second-order valence-electron chi connectivity index (χ2n) is 5.26. The zero-order valence-electron chi connectivity index (χ0n) is 12.0. The Hall–Kier alpha value is -0.360. The second kappa shape index (κ2) is 8.93. The quantitative estimate of drug-likeness (QED) is 0.747. The monoisotopic (exact) mass is 332 g/mol. The highest BCUT2D eigenvalue weighted by atomic mass is 35.5. The average Bonchev–Trinajstić information content (AvgIpc) is 2.46. The fraction of sp³-hybridized carbons (Fsp3) is 0.600. The number of nitrogens with zero attached hydrogens (tertiary/aromatic N) is 1. The molecule has 1 atom stereocenters. The van der Waals surface area contributed by atoms with Crippen molar-refractivity contribution in [1.82, 2.24) is 10.2 Å². The third-order valence-corrected chi connectivity index (χ3v) is 4.13. The molecule has 1 aliphatic heterocycles. The Morgan fingerprint density at radius 2 is 2.05 bits per heavy atom. The van der Waals surface area contributed by atoms with E-state index in [1.165, 1.54) is 0 Å². The van der Waals surface area contributed by atoms with Gasteiger partial charge in [0.15, 0.2) is 0 Å². The SMILES string of the molecule is OC(CNCCc1ccc(Cl)cc1Cl)CN1CCOCC1. The Kier molecular flexibility index (Phi) is 7.23. The highest BCUT2D eigenvalue weighted by Gasteiger charge is 2.14. The van der Waals surface area contributed by atoms with Crippen LogP contribution in [0.3, 0.4) is 0 Å². The van der Waals surface area contributed by atoms with E-state index >= 15 is 0 Å². The lowest BCUT2D eigenvalue weighted by atomic mass is 10.1. The van der Waals surface area contributed by atoms with E-state index in [9.17, 15) is 5.11 Å². The number of hydrogen-bond donors (Lipinski definition) is 2. The molecular formula is C15H22Cl2N2O2. The Bertz CT molecular complexity index is 440. The van der Waals surface area contributed by atoms with E-state index in [0.29, 0.717) is 23.1 Å². The molecule has 118 valence electrons. The lowest BCUT2D eigenvalue weighted by Gasteiger charge is -2.28. The van der Waals surface area contributed by atoms with Gasteiger partial charge >= 0.3 is 0 Å². The molecule has 1 aromatic carbocycles. The highest BCUT2D eigenvalue weighted by Crippen LogP contribution is 2.20. The third-order valence-electron chi connectivity index (χ3n) is 3.54. The van der Waals surface area contributed by atoms with E-state index in [4.69, 9.17) is 27.9 Å². The van der Waals surface area contributed by atoms with Gasteiger partial charge in [-0.3, -0.25) is 4.90 Å². The summed E-state index contributed by atoms with van der Waals surface area (Å²) < 4.78 is 5.29. The maximum Gasteiger partial charge on any atom is 0.0791 e. The normalized spacial score (nSPS) is 17.9. The van der Waals surface area contributed by atoms with Crippen molar-refractivity contribution in [3.63, 3.8) is 0 Å². The van der Waals surface area contributed by atoms with Gasteiger partial charge in [0.25, 0.3) is 0 Å². The summed E-state index contributed by atoms with van der Waals surface area (Å²) in [6, 6.07) is 5.54. The average molecular weight is 333 g/mol. The lowest BCUT2D eigenvalue weighted by molar-refractivity contribution is 0.0150. The smallest absolute Gasteiger partial charge is 0.0791 e. The van der Waals surface area contributed by atoms with Crippen molar-refractivity contribution in [1.29, 1.82) is 0 Å². The van der Waals surface area contributed by atoms with Crippen molar-refractivity contribution >= 4 is 23.2 Å². The number of rotatable bonds is 7. The van der Waals surface area contributed by atoms with Crippen molar-refractivity contribution in [3.8, 4) is 0 Å². The molecule has 0 radical (unpaired) electrons. The molecule has 2 rings (SSSR count). The van der Waals surface area contributed by atoms with Crippen molar-refractivity contribution in [2.75, 3.05) is 45.9 Å².